The molecule has 16 heavy (non-hydrogen) atoms. The molecule has 2 rings (SSSR count). The van der Waals surface area contributed by atoms with E-state index in [0.717, 1.165) is 24.0 Å². The van der Waals surface area contributed by atoms with Gasteiger partial charge in [-0.15, -0.1) is 0 Å². The Hall–Kier alpha value is -0.450. The molecule has 0 spiro atoms. The van der Waals surface area contributed by atoms with E-state index < -0.39 is 0 Å². The first kappa shape index (κ1) is 12.0. The molecule has 1 atom stereocenters. The zero-order valence-corrected chi connectivity index (χ0v) is 10.6. The first-order valence-electron chi connectivity index (χ1n) is 5.48. The van der Waals surface area contributed by atoms with E-state index in [9.17, 15) is 4.39 Å². The molecule has 4 heteroatoms. The van der Waals surface area contributed by atoms with E-state index in [-0.39, 0.29) is 5.82 Å². The minimum Gasteiger partial charge on any atom is -0.376 e. The lowest BCUT2D eigenvalue weighted by Gasteiger charge is -2.09. The molecule has 0 saturated carbocycles. The van der Waals surface area contributed by atoms with Crippen LogP contribution in [0.4, 0.5) is 4.39 Å². The Morgan fingerprint density at radius 3 is 3.06 bits per heavy atom. The minimum atomic E-state index is -0.209. The van der Waals surface area contributed by atoms with Gasteiger partial charge >= 0.3 is 0 Å². The van der Waals surface area contributed by atoms with Crippen LogP contribution in [0.3, 0.4) is 0 Å². The lowest BCUT2D eigenvalue weighted by molar-refractivity contribution is 0.0905. The molecule has 1 saturated heterocycles. The van der Waals surface area contributed by atoms with Crippen molar-refractivity contribution in [1.29, 1.82) is 0 Å². The van der Waals surface area contributed by atoms with Gasteiger partial charge in [0.15, 0.2) is 0 Å². The summed E-state index contributed by atoms with van der Waals surface area (Å²) in [5.41, 5.74) is 0.620. The van der Waals surface area contributed by atoms with Crippen molar-refractivity contribution in [1.82, 2.24) is 5.32 Å². The van der Waals surface area contributed by atoms with Crippen molar-refractivity contribution in [2.45, 2.75) is 13.0 Å². The Labute approximate surface area is 103 Å². The second kappa shape index (κ2) is 5.75. The third-order valence-electron chi connectivity index (χ3n) is 2.79. The Morgan fingerprint density at radius 1 is 1.50 bits per heavy atom. The summed E-state index contributed by atoms with van der Waals surface area (Å²) in [6.07, 6.45) is 1.16. The van der Waals surface area contributed by atoms with Crippen molar-refractivity contribution >= 4 is 15.9 Å². The smallest absolute Gasteiger partial charge is 0.129 e. The minimum absolute atomic E-state index is 0.209. The van der Waals surface area contributed by atoms with Gasteiger partial charge in [0.2, 0.25) is 0 Å². The maximum Gasteiger partial charge on any atom is 0.129 e. The largest absolute Gasteiger partial charge is 0.376 e. The Morgan fingerprint density at radius 2 is 2.38 bits per heavy atom. The zero-order chi connectivity index (χ0) is 11.4. The Kier molecular flexibility index (Phi) is 4.32. The number of hydrogen-bond donors (Lipinski definition) is 1. The first-order valence-corrected chi connectivity index (χ1v) is 6.27. The summed E-state index contributed by atoms with van der Waals surface area (Å²) >= 11 is 3.23. The van der Waals surface area contributed by atoms with E-state index in [1.54, 1.807) is 6.07 Å². The fraction of sp³-hybridized carbons (Fsp3) is 0.500. The molecule has 1 aromatic rings. The van der Waals surface area contributed by atoms with Crippen molar-refractivity contribution in [3.8, 4) is 0 Å². The highest BCUT2D eigenvalue weighted by Gasteiger charge is 2.14. The summed E-state index contributed by atoms with van der Waals surface area (Å²) in [6, 6.07) is 5.06. The van der Waals surface area contributed by atoms with Crippen LogP contribution in [0.15, 0.2) is 22.7 Å². The highest BCUT2D eigenvalue weighted by molar-refractivity contribution is 9.10. The van der Waals surface area contributed by atoms with Gasteiger partial charge in [-0.3, -0.25) is 0 Å². The third-order valence-corrected chi connectivity index (χ3v) is 3.28. The van der Waals surface area contributed by atoms with Gasteiger partial charge in [-0.2, -0.15) is 0 Å². The second-order valence-electron chi connectivity index (χ2n) is 4.11. The van der Waals surface area contributed by atoms with Gasteiger partial charge in [-0.05, 0) is 31.0 Å². The van der Waals surface area contributed by atoms with Crippen LogP contribution in [0.1, 0.15) is 12.0 Å². The molecule has 1 fully saturated rings. The normalized spacial score (nSPS) is 20.2. The van der Waals surface area contributed by atoms with E-state index >= 15 is 0 Å². The maximum atomic E-state index is 13.4. The number of ether oxygens (including phenoxy) is 1. The summed E-state index contributed by atoms with van der Waals surface area (Å²) in [5.74, 6) is 0.373. The Balaban J connectivity index is 1.80. The molecule has 1 N–H and O–H groups in total. The molecule has 1 aliphatic heterocycles. The number of halogens is 2. The fourth-order valence-electron chi connectivity index (χ4n) is 1.83. The molecule has 88 valence electrons. The fourth-order valence-corrected chi connectivity index (χ4v) is 2.16. The number of benzene rings is 1. The summed E-state index contributed by atoms with van der Waals surface area (Å²) in [4.78, 5) is 0. The molecular formula is C12H15BrFNO. The molecule has 0 amide bonds. The predicted molar refractivity (Wildman–Crippen MR) is 64.7 cm³/mol. The molecule has 2 nitrogen and oxygen atoms in total. The second-order valence-corrected chi connectivity index (χ2v) is 5.03. The summed E-state index contributed by atoms with van der Waals surface area (Å²) in [5, 5.41) is 3.28. The molecular weight excluding hydrogens is 273 g/mol. The van der Waals surface area contributed by atoms with E-state index in [2.05, 4.69) is 21.2 Å². The highest BCUT2D eigenvalue weighted by Crippen LogP contribution is 2.16. The van der Waals surface area contributed by atoms with Gasteiger partial charge in [0, 0.05) is 16.6 Å². The van der Waals surface area contributed by atoms with Gasteiger partial charge in [0.25, 0.3) is 0 Å². The van der Waals surface area contributed by atoms with Crippen LogP contribution in [0, 0.1) is 11.7 Å². The standard InChI is InChI=1S/C12H15BrFNO/c13-11-2-1-10(12(14)5-11)8-16-7-9-3-4-15-6-9/h1-2,5,9,15H,3-4,6-8H2. The lowest BCUT2D eigenvalue weighted by Crippen LogP contribution is -2.14. The molecule has 1 aromatic carbocycles. The van der Waals surface area contributed by atoms with Crippen LogP contribution in [0.25, 0.3) is 0 Å². The van der Waals surface area contributed by atoms with Crippen LogP contribution in [-0.2, 0) is 11.3 Å². The van der Waals surface area contributed by atoms with Gasteiger partial charge in [0.1, 0.15) is 5.82 Å². The quantitative estimate of drug-likeness (QED) is 0.919. The van der Waals surface area contributed by atoms with Gasteiger partial charge in [-0.1, -0.05) is 22.0 Å². The average molecular weight is 288 g/mol. The van der Waals surface area contributed by atoms with E-state index in [1.807, 2.05) is 6.07 Å². The third kappa shape index (κ3) is 3.27. The number of nitrogens with one attached hydrogen (secondary N) is 1. The number of rotatable bonds is 4. The first-order chi connectivity index (χ1) is 7.75. The van der Waals surface area contributed by atoms with Crippen molar-refractivity contribution in [3.63, 3.8) is 0 Å². The van der Waals surface area contributed by atoms with Crippen molar-refractivity contribution in [3.05, 3.63) is 34.1 Å². The van der Waals surface area contributed by atoms with Crippen LogP contribution in [0.2, 0.25) is 0 Å². The molecule has 0 aliphatic carbocycles. The molecule has 1 aliphatic rings. The molecule has 0 aromatic heterocycles. The average Bonchev–Trinajstić information content (AvgIpc) is 2.74. The van der Waals surface area contributed by atoms with Crippen LogP contribution < -0.4 is 5.32 Å². The van der Waals surface area contributed by atoms with Crippen molar-refractivity contribution < 1.29 is 9.13 Å². The zero-order valence-electron chi connectivity index (χ0n) is 9.01. The van der Waals surface area contributed by atoms with Crippen LogP contribution >= 0.6 is 15.9 Å². The highest BCUT2D eigenvalue weighted by atomic mass is 79.9. The van der Waals surface area contributed by atoms with Crippen LogP contribution in [-0.4, -0.2) is 19.7 Å². The van der Waals surface area contributed by atoms with Gasteiger partial charge in [-0.25, -0.2) is 4.39 Å². The van der Waals surface area contributed by atoms with Gasteiger partial charge < -0.3 is 10.1 Å². The molecule has 0 radical (unpaired) electrons. The van der Waals surface area contributed by atoms with E-state index in [0.29, 0.717) is 24.7 Å². The summed E-state index contributed by atoms with van der Waals surface area (Å²) in [6.45, 7) is 3.15. The van der Waals surface area contributed by atoms with E-state index in [1.165, 1.54) is 6.07 Å². The lowest BCUT2D eigenvalue weighted by atomic mass is 10.1. The van der Waals surface area contributed by atoms with E-state index in [4.69, 9.17) is 4.74 Å². The number of hydrogen-bond acceptors (Lipinski definition) is 2. The molecule has 1 unspecified atom stereocenters. The topological polar surface area (TPSA) is 21.3 Å². The van der Waals surface area contributed by atoms with Crippen LogP contribution in [0.5, 0.6) is 0 Å². The maximum absolute atomic E-state index is 13.4. The molecule has 0 bridgehead atoms. The van der Waals surface area contributed by atoms with Crippen molar-refractivity contribution in [2.75, 3.05) is 19.7 Å². The van der Waals surface area contributed by atoms with Gasteiger partial charge in [0.05, 0.1) is 13.2 Å². The molecule has 1 heterocycles. The summed E-state index contributed by atoms with van der Waals surface area (Å²) in [7, 11) is 0. The Bertz CT molecular complexity index is 353. The SMILES string of the molecule is Fc1cc(Br)ccc1COCC1CCNC1. The predicted octanol–water partition coefficient (Wildman–Crippen LogP) is 2.71. The monoisotopic (exact) mass is 287 g/mol. The summed E-state index contributed by atoms with van der Waals surface area (Å²) < 4.78 is 19.7. The van der Waals surface area contributed by atoms with Crippen molar-refractivity contribution in [2.24, 2.45) is 5.92 Å².